The van der Waals surface area contributed by atoms with Gasteiger partial charge in [0.25, 0.3) is 0 Å². The topological polar surface area (TPSA) is 19.0 Å². The maximum absolute atomic E-state index is 3.55. The first kappa shape index (κ1) is 18.8. The van der Waals surface area contributed by atoms with E-state index in [2.05, 4.69) is 119 Å². The fourth-order valence-corrected chi connectivity index (χ4v) is 6.35. The average Bonchev–Trinajstić information content (AvgIpc) is 3.17. The van der Waals surface area contributed by atoms with E-state index in [1.54, 1.807) is 0 Å². The van der Waals surface area contributed by atoms with Crippen molar-refractivity contribution in [3.8, 4) is 0 Å². The van der Waals surface area contributed by atoms with Crippen molar-refractivity contribution >= 4 is 16.6 Å². The van der Waals surface area contributed by atoms with Crippen LogP contribution in [0, 0.1) is 0 Å². The second-order valence-electron chi connectivity index (χ2n) is 9.41. The van der Waals surface area contributed by atoms with Gasteiger partial charge in [0, 0.05) is 29.1 Å². The number of rotatable bonds is 3. The summed E-state index contributed by atoms with van der Waals surface area (Å²) in [5, 5.41) is 1.31. The molecule has 3 unspecified atom stereocenters. The number of anilines is 1. The molecule has 3 atom stereocenters. The van der Waals surface area contributed by atoms with Crippen molar-refractivity contribution in [1.29, 1.82) is 0 Å². The minimum Gasteiger partial charge on any atom is -0.359 e. The first-order valence-electron chi connectivity index (χ1n) is 11.9. The normalized spacial score (nSPS) is 21.0. The fourth-order valence-electron chi connectivity index (χ4n) is 6.35. The highest BCUT2D eigenvalue weighted by Crippen LogP contribution is 2.52. The van der Waals surface area contributed by atoms with Crippen molar-refractivity contribution in [2.75, 3.05) is 4.90 Å². The number of nitrogens with zero attached hydrogens (tertiary/aromatic N) is 1. The van der Waals surface area contributed by atoms with Gasteiger partial charge in [0.1, 0.15) is 0 Å². The van der Waals surface area contributed by atoms with Gasteiger partial charge in [-0.05, 0) is 46.7 Å². The van der Waals surface area contributed by atoms with Crippen LogP contribution in [0.25, 0.3) is 10.9 Å². The number of hydrogen-bond donors (Lipinski definition) is 1. The molecule has 3 aliphatic rings. The Bertz CT molecular complexity index is 1450. The minimum absolute atomic E-state index is 0.314. The molecule has 5 aromatic rings. The van der Waals surface area contributed by atoms with Crippen LogP contribution in [0.4, 0.5) is 5.69 Å². The van der Waals surface area contributed by atoms with E-state index in [9.17, 15) is 0 Å². The third kappa shape index (κ3) is 2.87. The molecule has 1 aliphatic carbocycles. The Kier molecular flexibility index (Phi) is 4.20. The molecule has 0 amide bonds. The summed E-state index contributed by atoms with van der Waals surface area (Å²) in [4.78, 5) is 6.30. The predicted molar refractivity (Wildman–Crippen MR) is 136 cm³/mol. The quantitative estimate of drug-likeness (QED) is 0.328. The molecule has 160 valence electrons. The number of aromatic amines is 1. The number of aromatic nitrogens is 1. The third-order valence-corrected chi connectivity index (χ3v) is 7.70. The van der Waals surface area contributed by atoms with Gasteiger partial charge in [-0.25, -0.2) is 0 Å². The molecule has 1 aromatic heterocycles. The van der Waals surface area contributed by atoms with Gasteiger partial charge in [-0.3, -0.25) is 0 Å². The van der Waals surface area contributed by atoms with E-state index < -0.39 is 0 Å². The first-order valence-corrected chi connectivity index (χ1v) is 11.9. The Balaban J connectivity index is 1.50. The molecule has 8 rings (SSSR count). The molecule has 0 radical (unpaired) electrons. The Morgan fingerprint density at radius 1 is 0.697 bits per heavy atom. The molecular formula is C31H26N2. The summed E-state index contributed by atoms with van der Waals surface area (Å²) in [6, 6.07) is 38.7. The van der Waals surface area contributed by atoms with Crippen LogP contribution >= 0.6 is 0 Å². The van der Waals surface area contributed by atoms with Crippen LogP contribution in [0.3, 0.4) is 0 Å². The van der Waals surface area contributed by atoms with Gasteiger partial charge in [0.15, 0.2) is 0 Å². The van der Waals surface area contributed by atoms with Crippen molar-refractivity contribution in [1.82, 2.24) is 4.98 Å². The van der Waals surface area contributed by atoms with Crippen molar-refractivity contribution in [2.24, 2.45) is 0 Å². The SMILES string of the molecule is c1ccc(CC2C3c4ccccc4CC(c4ccccc43)N2c2c[nH]c3ccccc23)cc1. The van der Waals surface area contributed by atoms with Crippen LogP contribution in [-0.2, 0) is 12.8 Å². The van der Waals surface area contributed by atoms with Crippen LogP contribution in [0.5, 0.6) is 0 Å². The van der Waals surface area contributed by atoms with Crippen LogP contribution in [0.2, 0.25) is 0 Å². The smallest absolute Gasteiger partial charge is 0.0632 e. The number of para-hydroxylation sites is 1. The van der Waals surface area contributed by atoms with Crippen LogP contribution in [0.15, 0.2) is 109 Å². The Morgan fingerprint density at radius 3 is 2.27 bits per heavy atom. The molecule has 0 fully saturated rings. The predicted octanol–water partition coefficient (Wildman–Crippen LogP) is 7.03. The highest BCUT2D eigenvalue weighted by molar-refractivity contribution is 5.93. The summed E-state index contributed by atoms with van der Waals surface area (Å²) in [6.07, 6.45) is 4.29. The number of nitrogens with one attached hydrogen (secondary N) is 1. The highest BCUT2D eigenvalue weighted by Gasteiger charge is 2.45. The largest absolute Gasteiger partial charge is 0.359 e. The second-order valence-corrected chi connectivity index (χ2v) is 9.41. The Labute approximate surface area is 194 Å². The van der Waals surface area contributed by atoms with Crippen molar-refractivity contribution in [3.63, 3.8) is 0 Å². The maximum Gasteiger partial charge on any atom is 0.0632 e. The molecule has 0 saturated heterocycles. The second kappa shape index (κ2) is 7.38. The summed E-state index contributed by atoms with van der Waals surface area (Å²) < 4.78 is 0. The van der Waals surface area contributed by atoms with Gasteiger partial charge < -0.3 is 9.88 Å². The van der Waals surface area contributed by atoms with Gasteiger partial charge >= 0.3 is 0 Å². The van der Waals surface area contributed by atoms with E-state index >= 15 is 0 Å². The van der Waals surface area contributed by atoms with E-state index in [1.807, 2.05) is 0 Å². The average molecular weight is 427 g/mol. The molecule has 2 bridgehead atoms. The van der Waals surface area contributed by atoms with Crippen molar-refractivity contribution < 1.29 is 0 Å². The molecule has 4 aromatic carbocycles. The standard InChI is InChI=1S/C31H26N2/c1-2-10-21(11-3-1)18-29-31-23-13-5-4-12-22(23)19-28(24-14-6-7-15-25(24)31)33(29)30-20-32-27-17-9-8-16-26(27)30/h1-17,20,28-29,31-32H,18-19H2. The van der Waals surface area contributed by atoms with E-state index in [0.717, 1.165) is 12.8 Å². The van der Waals surface area contributed by atoms with Gasteiger partial charge in [-0.15, -0.1) is 0 Å². The Morgan fingerprint density at radius 2 is 1.39 bits per heavy atom. The highest BCUT2D eigenvalue weighted by atomic mass is 15.2. The van der Waals surface area contributed by atoms with Crippen LogP contribution in [0.1, 0.15) is 39.8 Å². The van der Waals surface area contributed by atoms with E-state index in [-0.39, 0.29) is 0 Å². The van der Waals surface area contributed by atoms with Gasteiger partial charge in [0.2, 0.25) is 0 Å². The van der Waals surface area contributed by atoms with Gasteiger partial charge in [0.05, 0.1) is 11.7 Å². The molecule has 2 nitrogen and oxygen atoms in total. The van der Waals surface area contributed by atoms with Crippen molar-refractivity contribution in [3.05, 3.63) is 137 Å². The number of H-pyrrole nitrogens is 1. The van der Waals surface area contributed by atoms with Gasteiger partial charge in [-0.2, -0.15) is 0 Å². The van der Waals surface area contributed by atoms with Gasteiger partial charge in [-0.1, -0.05) is 97.1 Å². The number of hydrogen-bond acceptors (Lipinski definition) is 1. The zero-order valence-electron chi connectivity index (χ0n) is 18.5. The van der Waals surface area contributed by atoms with Crippen LogP contribution in [-0.4, -0.2) is 11.0 Å². The minimum atomic E-state index is 0.314. The fraction of sp³-hybridized carbons (Fsp3) is 0.161. The molecule has 0 saturated carbocycles. The zero-order valence-corrected chi connectivity index (χ0v) is 18.5. The summed E-state index contributed by atoms with van der Waals surface area (Å²) in [6.45, 7) is 0. The first-order chi connectivity index (χ1) is 16.4. The number of benzene rings is 4. The van der Waals surface area contributed by atoms with E-state index in [1.165, 1.54) is 44.4 Å². The summed E-state index contributed by atoms with van der Waals surface area (Å²) in [7, 11) is 0. The summed E-state index contributed by atoms with van der Waals surface area (Å²) in [5.74, 6) is 0.338. The Hall–Kier alpha value is -3.78. The molecule has 3 heterocycles. The number of fused-ring (bicyclic) bond motifs is 2. The molecular weight excluding hydrogens is 400 g/mol. The molecule has 2 aliphatic heterocycles. The summed E-state index contributed by atoms with van der Waals surface area (Å²) in [5.41, 5.74) is 9.90. The van der Waals surface area contributed by atoms with E-state index in [4.69, 9.17) is 0 Å². The lowest BCUT2D eigenvalue weighted by molar-refractivity contribution is 0.457. The van der Waals surface area contributed by atoms with Crippen molar-refractivity contribution in [2.45, 2.75) is 30.8 Å². The molecule has 0 spiro atoms. The molecule has 2 heteroatoms. The van der Waals surface area contributed by atoms with Crippen LogP contribution < -0.4 is 4.90 Å². The lowest BCUT2D eigenvalue weighted by Crippen LogP contribution is -2.47. The maximum atomic E-state index is 3.55. The third-order valence-electron chi connectivity index (χ3n) is 7.70. The molecule has 33 heavy (non-hydrogen) atoms. The monoisotopic (exact) mass is 426 g/mol. The zero-order chi connectivity index (χ0) is 21.8. The lowest BCUT2D eigenvalue weighted by Gasteiger charge is -2.47. The van der Waals surface area contributed by atoms with E-state index in [0.29, 0.717) is 18.0 Å². The molecule has 1 N–H and O–H groups in total. The summed E-state index contributed by atoms with van der Waals surface area (Å²) >= 11 is 0. The lowest BCUT2D eigenvalue weighted by atomic mass is 9.76.